The Labute approximate surface area is 94.7 Å². The number of esters is 1. The Bertz CT molecular complexity index is 415. The van der Waals surface area contributed by atoms with Gasteiger partial charge in [-0.15, -0.1) is 0 Å². The molecule has 1 rings (SSSR count). The van der Waals surface area contributed by atoms with E-state index in [1.807, 2.05) is 19.9 Å². The number of carbonyl (C=O) groups is 1. The number of nitriles is 1. The fourth-order valence-electron chi connectivity index (χ4n) is 1.46. The topological polar surface area (TPSA) is 67.9 Å². The van der Waals surface area contributed by atoms with Crippen molar-refractivity contribution in [2.75, 3.05) is 6.61 Å². The number of nitrogens with zero attached hydrogens (tertiary/aromatic N) is 3. The normalized spacial score (nSPS) is 10.2. The molecule has 86 valence electrons. The summed E-state index contributed by atoms with van der Waals surface area (Å²) in [6, 6.07) is 2.02. The SMILES string of the molecule is CCOC(=O)c1cnc(C(C)C)n1CC#N. The summed E-state index contributed by atoms with van der Waals surface area (Å²) in [5.74, 6) is 0.457. The van der Waals surface area contributed by atoms with Crippen LogP contribution in [0.25, 0.3) is 0 Å². The fraction of sp³-hybridized carbons (Fsp3) is 0.545. The maximum Gasteiger partial charge on any atom is 0.356 e. The minimum absolute atomic E-state index is 0.113. The first-order chi connectivity index (χ1) is 7.61. The highest BCUT2D eigenvalue weighted by Gasteiger charge is 2.18. The number of rotatable bonds is 4. The van der Waals surface area contributed by atoms with Crippen molar-refractivity contribution in [2.24, 2.45) is 0 Å². The Kier molecular flexibility index (Phi) is 4.06. The summed E-state index contributed by atoms with van der Waals surface area (Å²) in [4.78, 5) is 15.7. The van der Waals surface area contributed by atoms with Gasteiger partial charge >= 0.3 is 5.97 Å². The molecule has 1 aromatic heterocycles. The van der Waals surface area contributed by atoms with Gasteiger partial charge in [0.2, 0.25) is 0 Å². The summed E-state index contributed by atoms with van der Waals surface area (Å²) in [5, 5.41) is 8.73. The van der Waals surface area contributed by atoms with Crippen LogP contribution in [0, 0.1) is 11.3 Å². The molecule has 0 unspecified atom stereocenters. The maximum absolute atomic E-state index is 11.6. The minimum atomic E-state index is -0.433. The van der Waals surface area contributed by atoms with E-state index in [-0.39, 0.29) is 12.5 Å². The Morgan fingerprint density at radius 2 is 2.38 bits per heavy atom. The van der Waals surface area contributed by atoms with Crippen LogP contribution in [0.3, 0.4) is 0 Å². The summed E-state index contributed by atoms with van der Waals surface area (Å²) < 4.78 is 6.50. The summed E-state index contributed by atoms with van der Waals surface area (Å²) in [7, 11) is 0. The first-order valence-electron chi connectivity index (χ1n) is 5.21. The van der Waals surface area contributed by atoms with Crippen LogP contribution in [0.15, 0.2) is 6.20 Å². The van der Waals surface area contributed by atoms with Gasteiger partial charge in [-0.1, -0.05) is 13.8 Å². The van der Waals surface area contributed by atoms with Crippen LogP contribution in [0.5, 0.6) is 0 Å². The standard InChI is InChI=1S/C11H15N3O2/c1-4-16-11(15)9-7-13-10(8(2)3)14(9)6-5-12/h7-8H,4,6H2,1-3H3. The predicted molar refractivity (Wildman–Crippen MR) is 57.9 cm³/mol. The van der Waals surface area contributed by atoms with Gasteiger partial charge in [0.1, 0.15) is 18.1 Å². The molecule has 1 heterocycles. The highest BCUT2D eigenvalue weighted by molar-refractivity contribution is 5.87. The van der Waals surface area contributed by atoms with Gasteiger partial charge in [0.25, 0.3) is 0 Å². The fourth-order valence-corrected chi connectivity index (χ4v) is 1.46. The monoisotopic (exact) mass is 221 g/mol. The molecule has 0 saturated carbocycles. The molecule has 0 atom stereocenters. The summed E-state index contributed by atoms with van der Waals surface area (Å²) in [6.45, 7) is 6.10. The van der Waals surface area contributed by atoms with Crippen molar-refractivity contribution >= 4 is 5.97 Å². The molecule has 5 heteroatoms. The second kappa shape index (κ2) is 5.31. The number of ether oxygens (including phenoxy) is 1. The summed E-state index contributed by atoms with van der Waals surface area (Å²) in [5.41, 5.74) is 0.340. The van der Waals surface area contributed by atoms with E-state index in [1.165, 1.54) is 6.20 Å². The Balaban J connectivity index is 3.10. The lowest BCUT2D eigenvalue weighted by Crippen LogP contribution is -2.14. The summed E-state index contributed by atoms with van der Waals surface area (Å²) in [6.07, 6.45) is 1.46. The lowest BCUT2D eigenvalue weighted by molar-refractivity contribution is 0.0514. The van der Waals surface area contributed by atoms with Crippen molar-refractivity contribution in [1.82, 2.24) is 9.55 Å². The van der Waals surface area contributed by atoms with Gasteiger partial charge in [-0.05, 0) is 6.92 Å². The molecule has 0 amide bonds. The van der Waals surface area contributed by atoms with Gasteiger partial charge in [-0.3, -0.25) is 0 Å². The molecular weight excluding hydrogens is 206 g/mol. The lowest BCUT2D eigenvalue weighted by Gasteiger charge is -2.09. The van der Waals surface area contributed by atoms with E-state index in [1.54, 1.807) is 11.5 Å². The molecule has 0 aliphatic carbocycles. The highest BCUT2D eigenvalue weighted by Crippen LogP contribution is 2.15. The molecule has 1 aromatic rings. The van der Waals surface area contributed by atoms with E-state index in [0.717, 1.165) is 5.82 Å². The van der Waals surface area contributed by atoms with Crippen molar-refractivity contribution in [3.05, 3.63) is 17.7 Å². The van der Waals surface area contributed by atoms with Crippen LogP contribution < -0.4 is 0 Å². The van der Waals surface area contributed by atoms with Crippen LogP contribution in [0.2, 0.25) is 0 Å². The Morgan fingerprint density at radius 3 is 2.88 bits per heavy atom. The lowest BCUT2D eigenvalue weighted by atomic mass is 10.2. The average molecular weight is 221 g/mol. The first kappa shape index (κ1) is 12.2. The molecule has 0 aromatic carbocycles. The smallest absolute Gasteiger partial charge is 0.356 e. The third-order valence-corrected chi connectivity index (χ3v) is 2.12. The van der Waals surface area contributed by atoms with Crippen molar-refractivity contribution in [3.8, 4) is 6.07 Å². The van der Waals surface area contributed by atoms with Crippen molar-refractivity contribution in [1.29, 1.82) is 5.26 Å². The van der Waals surface area contributed by atoms with Gasteiger partial charge < -0.3 is 9.30 Å². The number of imidazole rings is 1. The van der Waals surface area contributed by atoms with Crippen LogP contribution >= 0.6 is 0 Å². The number of aromatic nitrogens is 2. The third kappa shape index (κ3) is 2.40. The number of hydrogen-bond donors (Lipinski definition) is 0. The van der Waals surface area contributed by atoms with Gasteiger partial charge in [-0.2, -0.15) is 5.26 Å². The highest BCUT2D eigenvalue weighted by atomic mass is 16.5. The van der Waals surface area contributed by atoms with Gasteiger partial charge in [-0.25, -0.2) is 9.78 Å². The maximum atomic E-state index is 11.6. The molecule has 0 bridgehead atoms. The second-order valence-electron chi connectivity index (χ2n) is 3.62. The largest absolute Gasteiger partial charge is 0.461 e. The van der Waals surface area contributed by atoms with E-state index in [2.05, 4.69) is 4.98 Å². The molecule has 5 nitrogen and oxygen atoms in total. The molecule has 16 heavy (non-hydrogen) atoms. The molecular formula is C11H15N3O2. The zero-order valence-corrected chi connectivity index (χ0v) is 9.73. The molecule has 0 spiro atoms. The van der Waals surface area contributed by atoms with Crippen LogP contribution in [0.4, 0.5) is 0 Å². The van der Waals surface area contributed by atoms with Crippen LogP contribution in [-0.2, 0) is 11.3 Å². The van der Waals surface area contributed by atoms with Gasteiger partial charge in [0.15, 0.2) is 0 Å². The molecule has 0 aliphatic heterocycles. The molecule has 0 fully saturated rings. The molecule has 0 saturated heterocycles. The van der Waals surface area contributed by atoms with Gasteiger partial charge in [0.05, 0.1) is 18.9 Å². The number of hydrogen-bond acceptors (Lipinski definition) is 4. The second-order valence-corrected chi connectivity index (χ2v) is 3.62. The van der Waals surface area contributed by atoms with E-state index < -0.39 is 5.97 Å². The van der Waals surface area contributed by atoms with Crippen molar-refractivity contribution in [3.63, 3.8) is 0 Å². The van der Waals surface area contributed by atoms with E-state index in [0.29, 0.717) is 12.3 Å². The Hall–Kier alpha value is -1.83. The minimum Gasteiger partial charge on any atom is -0.461 e. The van der Waals surface area contributed by atoms with Crippen molar-refractivity contribution in [2.45, 2.75) is 33.2 Å². The quantitative estimate of drug-likeness (QED) is 0.726. The zero-order valence-electron chi connectivity index (χ0n) is 9.73. The van der Waals surface area contributed by atoms with E-state index in [9.17, 15) is 4.79 Å². The molecule has 0 aliphatic rings. The van der Waals surface area contributed by atoms with Crippen LogP contribution in [0.1, 0.15) is 43.0 Å². The van der Waals surface area contributed by atoms with Gasteiger partial charge in [0, 0.05) is 5.92 Å². The molecule has 0 N–H and O–H groups in total. The molecule has 0 radical (unpaired) electrons. The average Bonchev–Trinajstić information content (AvgIpc) is 2.62. The first-order valence-corrected chi connectivity index (χ1v) is 5.21. The number of carbonyl (C=O) groups excluding carboxylic acids is 1. The summed E-state index contributed by atoms with van der Waals surface area (Å²) >= 11 is 0. The van der Waals surface area contributed by atoms with E-state index >= 15 is 0 Å². The zero-order chi connectivity index (χ0) is 12.1. The Morgan fingerprint density at radius 1 is 1.69 bits per heavy atom. The predicted octanol–water partition coefficient (Wildman–Crippen LogP) is 1.71. The van der Waals surface area contributed by atoms with Crippen LogP contribution in [-0.4, -0.2) is 22.1 Å². The third-order valence-electron chi connectivity index (χ3n) is 2.12. The van der Waals surface area contributed by atoms with Crippen molar-refractivity contribution < 1.29 is 9.53 Å². The van der Waals surface area contributed by atoms with E-state index in [4.69, 9.17) is 10.00 Å².